The molecular formula is C17H19ClFN. The van der Waals surface area contributed by atoms with Crippen molar-refractivity contribution in [2.24, 2.45) is 0 Å². The van der Waals surface area contributed by atoms with Crippen LogP contribution in [0.1, 0.15) is 30.5 Å². The third-order valence-corrected chi connectivity index (χ3v) is 3.65. The summed E-state index contributed by atoms with van der Waals surface area (Å²) in [4.78, 5) is 0. The summed E-state index contributed by atoms with van der Waals surface area (Å²) in [6.07, 6.45) is 1.91. The second-order valence-electron chi connectivity index (χ2n) is 4.84. The van der Waals surface area contributed by atoms with E-state index in [0.29, 0.717) is 6.04 Å². The predicted molar refractivity (Wildman–Crippen MR) is 82.6 cm³/mol. The molecule has 106 valence electrons. The quantitative estimate of drug-likeness (QED) is 0.809. The van der Waals surface area contributed by atoms with Crippen LogP contribution >= 0.6 is 11.6 Å². The molecule has 2 aromatic carbocycles. The van der Waals surface area contributed by atoms with Crippen molar-refractivity contribution in [1.29, 1.82) is 0 Å². The third kappa shape index (κ3) is 4.32. The van der Waals surface area contributed by atoms with E-state index in [1.165, 1.54) is 17.7 Å². The lowest BCUT2D eigenvalue weighted by atomic mass is 10.0. The average Bonchev–Trinajstić information content (AvgIpc) is 2.47. The Bertz CT molecular complexity index is 522. The molecule has 0 aliphatic carbocycles. The van der Waals surface area contributed by atoms with Gasteiger partial charge in [-0.3, -0.25) is 0 Å². The zero-order valence-electron chi connectivity index (χ0n) is 11.6. The van der Waals surface area contributed by atoms with Crippen LogP contribution in [0.25, 0.3) is 0 Å². The molecule has 0 aromatic heterocycles. The van der Waals surface area contributed by atoms with Gasteiger partial charge in [0.05, 0.1) is 0 Å². The van der Waals surface area contributed by atoms with Gasteiger partial charge in [0.1, 0.15) is 5.82 Å². The molecule has 20 heavy (non-hydrogen) atoms. The van der Waals surface area contributed by atoms with Crippen molar-refractivity contribution in [3.8, 4) is 0 Å². The summed E-state index contributed by atoms with van der Waals surface area (Å²) in [6, 6.07) is 15.0. The van der Waals surface area contributed by atoms with E-state index >= 15 is 0 Å². The molecule has 1 N–H and O–H groups in total. The van der Waals surface area contributed by atoms with Gasteiger partial charge in [0.25, 0.3) is 0 Å². The predicted octanol–water partition coefficient (Wildman–Crippen LogP) is 4.76. The minimum Gasteiger partial charge on any atom is -0.310 e. The highest BCUT2D eigenvalue weighted by Gasteiger charge is 2.08. The van der Waals surface area contributed by atoms with Crippen LogP contribution in [0.2, 0.25) is 5.02 Å². The first-order valence-corrected chi connectivity index (χ1v) is 7.30. The van der Waals surface area contributed by atoms with E-state index in [1.807, 2.05) is 24.3 Å². The number of benzene rings is 2. The molecular weight excluding hydrogens is 273 g/mol. The number of hydrogen-bond donors (Lipinski definition) is 1. The van der Waals surface area contributed by atoms with E-state index in [1.54, 1.807) is 0 Å². The number of nitrogens with one attached hydrogen (secondary N) is 1. The van der Waals surface area contributed by atoms with Crippen molar-refractivity contribution in [3.05, 3.63) is 70.5 Å². The molecule has 0 bridgehead atoms. The first-order chi connectivity index (χ1) is 9.69. The Morgan fingerprint density at radius 2 is 1.70 bits per heavy atom. The van der Waals surface area contributed by atoms with E-state index in [2.05, 4.69) is 24.4 Å². The van der Waals surface area contributed by atoms with E-state index in [4.69, 9.17) is 11.6 Å². The van der Waals surface area contributed by atoms with Gasteiger partial charge in [-0.25, -0.2) is 4.39 Å². The van der Waals surface area contributed by atoms with Crippen LogP contribution in [0.4, 0.5) is 4.39 Å². The second kappa shape index (κ2) is 7.41. The van der Waals surface area contributed by atoms with Gasteiger partial charge in [0.2, 0.25) is 0 Å². The van der Waals surface area contributed by atoms with Gasteiger partial charge < -0.3 is 5.32 Å². The summed E-state index contributed by atoms with van der Waals surface area (Å²) in [7, 11) is 0. The molecule has 1 unspecified atom stereocenters. The number of hydrogen-bond acceptors (Lipinski definition) is 1. The summed E-state index contributed by atoms with van der Waals surface area (Å²) in [6.45, 7) is 3.02. The highest BCUT2D eigenvalue weighted by atomic mass is 35.5. The van der Waals surface area contributed by atoms with Gasteiger partial charge in [-0.15, -0.1) is 0 Å². The maximum Gasteiger partial charge on any atom is 0.123 e. The fourth-order valence-corrected chi connectivity index (χ4v) is 2.36. The third-order valence-electron chi connectivity index (χ3n) is 3.40. The molecule has 0 aliphatic heterocycles. The Morgan fingerprint density at radius 3 is 2.30 bits per heavy atom. The Balaban J connectivity index is 1.87. The minimum atomic E-state index is -0.186. The molecule has 0 amide bonds. The fraction of sp³-hybridized carbons (Fsp3) is 0.294. The standard InChI is InChI=1S/C17H19ClFN/c1-2-17(14-5-7-15(18)8-6-14)20-12-11-13-3-9-16(19)10-4-13/h3-10,17,20H,2,11-12H2,1H3. The first kappa shape index (κ1) is 15.0. The largest absolute Gasteiger partial charge is 0.310 e. The van der Waals surface area contributed by atoms with E-state index in [0.717, 1.165) is 30.0 Å². The van der Waals surface area contributed by atoms with Crippen LogP contribution in [0, 0.1) is 5.82 Å². The second-order valence-corrected chi connectivity index (χ2v) is 5.28. The molecule has 0 saturated heterocycles. The summed E-state index contributed by atoms with van der Waals surface area (Å²) < 4.78 is 12.8. The molecule has 2 aromatic rings. The zero-order chi connectivity index (χ0) is 14.4. The van der Waals surface area contributed by atoms with Crippen LogP contribution in [0.15, 0.2) is 48.5 Å². The Hall–Kier alpha value is -1.38. The molecule has 1 nitrogen and oxygen atoms in total. The van der Waals surface area contributed by atoms with Crippen molar-refractivity contribution < 1.29 is 4.39 Å². The normalized spacial score (nSPS) is 12.3. The summed E-state index contributed by atoms with van der Waals surface area (Å²) in [5.41, 5.74) is 2.39. The zero-order valence-corrected chi connectivity index (χ0v) is 12.3. The molecule has 2 rings (SSSR count). The summed E-state index contributed by atoms with van der Waals surface area (Å²) in [5, 5.41) is 4.29. The first-order valence-electron chi connectivity index (χ1n) is 6.92. The van der Waals surface area contributed by atoms with E-state index in [9.17, 15) is 4.39 Å². The monoisotopic (exact) mass is 291 g/mol. The van der Waals surface area contributed by atoms with Gasteiger partial charge >= 0.3 is 0 Å². The lowest BCUT2D eigenvalue weighted by molar-refractivity contribution is 0.522. The Kier molecular flexibility index (Phi) is 5.57. The minimum absolute atomic E-state index is 0.186. The fourth-order valence-electron chi connectivity index (χ4n) is 2.23. The van der Waals surface area contributed by atoms with Gasteiger partial charge in [0, 0.05) is 11.1 Å². The molecule has 0 fully saturated rings. The molecule has 0 saturated carbocycles. The molecule has 0 aliphatic rings. The van der Waals surface area contributed by atoms with Crippen molar-refractivity contribution in [1.82, 2.24) is 5.32 Å². The van der Waals surface area contributed by atoms with Crippen LogP contribution in [-0.4, -0.2) is 6.54 Å². The molecule has 0 heterocycles. The molecule has 1 atom stereocenters. The van der Waals surface area contributed by atoms with Gasteiger partial charge in [-0.05, 0) is 54.8 Å². The maximum absolute atomic E-state index is 12.8. The SMILES string of the molecule is CCC(NCCc1ccc(F)cc1)c1ccc(Cl)cc1. The van der Waals surface area contributed by atoms with Crippen LogP contribution in [0.3, 0.4) is 0 Å². The Labute approximate surface area is 124 Å². The van der Waals surface area contributed by atoms with Gasteiger partial charge in [-0.1, -0.05) is 42.8 Å². The average molecular weight is 292 g/mol. The van der Waals surface area contributed by atoms with Gasteiger partial charge in [-0.2, -0.15) is 0 Å². The topological polar surface area (TPSA) is 12.0 Å². The van der Waals surface area contributed by atoms with Crippen molar-refractivity contribution >= 4 is 11.6 Å². The summed E-state index contributed by atoms with van der Waals surface area (Å²) >= 11 is 5.91. The highest BCUT2D eigenvalue weighted by Crippen LogP contribution is 2.19. The smallest absolute Gasteiger partial charge is 0.123 e. The molecule has 0 spiro atoms. The summed E-state index contributed by atoms with van der Waals surface area (Å²) in [5.74, 6) is -0.186. The van der Waals surface area contributed by atoms with Crippen LogP contribution in [-0.2, 0) is 6.42 Å². The molecule has 3 heteroatoms. The Morgan fingerprint density at radius 1 is 1.05 bits per heavy atom. The van der Waals surface area contributed by atoms with Crippen molar-refractivity contribution in [3.63, 3.8) is 0 Å². The molecule has 0 radical (unpaired) electrons. The number of halogens is 2. The van der Waals surface area contributed by atoms with E-state index < -0.39 is 0 Å². The number of rotatable bonds is 6. The van der Waals surface area contributed by atoms with Crippen LogP contribution in [0.5, 0.6) is 0 Å². The maximum atomic E-state index is 12.8. The lowest BCUT2D eigenvalue weighted by Crippen LogP contribution is -2.23. The van der Waals surface area contributed by atoms with E-state index in [-0.39, 0.29) is 5.82 Å². The van der Waals surface area contributed by atoms with Crippen molar-refractivity contribution in [2.45, 2.75) is 25.8 Å². The van der Waals surface area contributed by atoms with Gasteiger partial charge in [0.15, 0.2) is 0 Å². The highest BCUT2D eigenvalue weighted by molar-refractivity contribution is 6.30. The van der Waals surface area contributed by atoms with Crippen molar-refractivity contribution in [2.75, 3.05) is 6.54 Å². The van der Waals surface area contributed by atoms with Crippen LogP contribution < -0.4 is 5.32 Å². The lowest BCUT2D eigenvalue weighted by Gasteiger charge is -2.17.